The van der Waals surface area contributed by atoms with Crippen LogP contribution in [0.4, 0.5) is 16.5 Å². The molecule has 0 unspecified atom stereocenters. The second-order valence-electron chi connectivity index (χ2n) is 6.19. The number of aromatic nitrogens is 1. The molecular weight excluding hydrogens is 416 g/mol. The van der Waals surface area contributed by atoms with E-state index in [1.165, 1.54) is 11.3 Å². The molecule has 0 saturated heterocycles. The van der Waals surface area contributed by atoms with Crippen molar-refractivity contribution in [2.45, 2.75) is 13.3 Å². The van der Waals surface area contributed by atoms with Gasteiger partial charge in [-0.3, -0.25) is 4.55 Å². The van der Waals surface area contributed by atoms with Gasteiger partial charge in [0.25, 0.3) is 10.1 Å². The molecule has 1 aromatic heterocycles. The van der Waals surface area contributed by atoms with Gasteiger partial charge in [-0.25, -0.2) is 4.98 Å². The molecule has 1 heterocycles. The second-order valence-corrected chi connectivity index (χ2v) is 8.78. The number of nitrogens with zero attached hydrogens (tertiary/aromatic N) is 3. The fraction of sp³-hybridized carbons (Fsp3) is 0.278. The van der Waals surface area contributed by atoms with Crippen LogP contribution in [0.15, 0.2) is 40.6 Å². The predicted molar refractivity (Wildman–Crippen MR) is 112 cm³/mol. The Balaban J connectivity index is 1.76. The Morgan fingerprint density at radius 2 is 2.03 bits per heavy atom. The van der Waals surface area contributed by atoms with Gasteiger partial charge in [0.05, 0.1) is 41.1 Å². The number of benzene rings is 2. The third-order valence-electron chi connectivity index (χ3n) is 3.96. The number of aryl methyl sites for hydroxylation is 1. The highest BCUT2D eigenvalue weighted by Gasteiger charge is 2.09. The summed E-state index contributed by atoms with van der Waals surface area (Å²) >= 11 is 1.39. The number of nitrogen functional groups attached to an aromatic ring is 1. The molecule has 3 N–H and O–H groups in total. The van der Waals surface area contributed by atoms with Crippen LogP contribution in [0.25, 0.3) is 10.2 Å². The molecule has 9 nitrogen and oxygen atoms in total. The molecule has 3 rings (SSSR count). The van der Waals surface area contributed by atoms with Crippen molar-refractivity contribution in [1.82, 2.24) is 4.98 Å². The summed E-state index contributed by atoms with van der Waals surface area (Å²) < 4.78 is 42.0. The van der Waals surface area contributed by atoms with Crippen molar-refractivity contribution in [3.63, 3.8) is 0 Å². The molecule has 0 spiro atoms. The van der Waals surface area contributed by atoms with Crippen LogP contribution < -0.4 is 15.2 Å². The summed E-state index contributed by atoms with van der Waals surface area (Å²) in [4.78, 5) is 4.42. The number of rotatable bonds is 8. The number of thiazole rings is 1. The zero-order valence-electron chi connectivity index (χ0n) is 15.8. The molecule has 0 saturated carbocycles. The van der Waals surface area contributed by atoms with Gasteiger partial charge in [0.15, 0.2) is 0 Å². The molecule has 0 aliphatic rings. The first-order chi connectivity index (χ1) is 13.7. The van der Waals surface area contributed by atoms with Crippen molar-refractivity contribution >= 4 is 48.2 Å². The monoisotopic (exact) mass is 436 g/mol. The Morgan fingerprint density at radius 1 is 1.24 bits per heavy atom. The van der Waals surface area contributed by atoms with Crippen molar-refractivity contribution in [1.29, 1.82) is 0 Å². The van der Waals surface area contributed by atoms with Crippen LogP contribution in [0.2, 0.25) is 0 Å². The molecular formula is C18H20N4O5S2. The number of fused-ring (bicyclic) bond motifs is 1. The second kappa shape index (κ2) is 8.72. The van der Waals surface area contributed by atoms with Gasteiger partial charge in [-0.2, -0.15) is 8.42 Å². The van der Waals surface area contributed by atoms with E-state index in [0.29, 0.717) is 22.3 Å². The first kappa shape index (κ1) is 21.0. The Bertz CT molecular complexity index is 1160. The summed E-state index contributed by atoms with van der Waals surface area (Å²) in [5.41, 5.74) is 8.53. The van der Waals surface area contributed by atoms with E-state index >= 15 is 0 Å². The maximum Gasteiger partial charge on any atom is 0.264 e. The highest BCUT2D eigenvalue weighted by atomic mass is 32.2. The third kappa shape index (κ3) is 5.62. The maximum absolute atomic E-state index is 10.8. The Hall–Kier alpha value is -2.76. The molecule has 0 radical (unpaired) electrons. The summed E-state index contributed by atoms with van der Waals surface area (Å²) in [5, 5.41) is 8.97. The van der Waals surface area contributed by atoms with Crippen molar-refractivity contribution in [3.05, 3.63) is 35.9 Å². The maximum atomic E-state index is 10.8. The molecule has 0 fully saturated rings. The molecule has 0 bridgehead atoms. The van der Waals surface area contributed by atoms with Crippen molar-refractivity contribution < 1.29 is 22.4 Å². The highest BCUT2D eigenvalue weighted by molar-refractivity contribution is 7.85. The molecule has 2 aromatic carbocycles. The van der Waals surface area contributed by atoms with Crippen molar-refractivity contribution in [3.8, 4) is 11.5 Å². The Morgan fingerprint density at radius 3 is 2.76 bits per heavy atom. The average molecular weight is 437 g/mol. The number of hydrogen-bond acceptors (Lipinski definition) is 9. The first-order valence-electron chi connectivity index (χ1n) is 8.59. The summed E-state index contributed by atoms with van der Waals surface area (Å²) in [6.45, 7) is 1.93. The van der Waals surface area contributed by atoms with Crippen LogP contribution in [0.3, 0.4) is 0 Å². The van der Waals surface area contributed by atoms with E-state index in [4.69, 9.17) is 19.8 Å². The van der Waals surface area contributed by atoms with E-state index < -0.39 is 10.1 Å². The summed E-state index contributed by atoms with van der Waals surface area (Å²) in [6.07, 6.45) is 0.137. The molecule has 3 aromatic rings. The van der Waals surface area contributed by atoms with E-state index in [9.17, 15) is 8.42 Å². The van der Waals surface area contributed by atoms with Crippen LogP contribution in [0.5, 0.6) is 11.5 Å². The minimum absolute atomic E-state index is 0.0866. The van der Waals surface area contributed by atoms with Crippen molar-refractivity contribution in [2.75, 3.05) is 25.2 Å². The fourth-order valence-corrected chi connectivity index (χ4v) is 3.81. The zero-order chi connectivity index (χ0) is 21.0. The topological polar surface area (TPSA) is 136 Å². The largest absolute Gasteiger partial charge is 0.497 e. The summed E-state index contributed by atoms with van der Waals surface area (Å²) in [7, 11) is -2.41. The highest BCUT2D eigenvalue weighted by Crippen LogP contribution is 2.34. The van der Waals surface area contributed by atoms with E-state index in [1.807, 2.05) is 25.1 Å². The van der Waals surface area contributed by atoms with Crippen LogP contribution in [0.1, 0.15) is 12.0 Å². The quantitative estimate of drug-likeness (QED) is 0.233. The van der Waals surface area contributed by atoms with Crippen molar-refractivity contribution in [2.24, 2.45) is 10.2 Å². The smallest absolute Gasteiger partial charge is 0.264 e. The van der Waals surface area contributed by atoms with Gasteiger partial charge in [-0.05, 0) is 43.2 Å². The van der Waals surface area contributed by atoms with Gasteiger partial charge in [0.1, 0.15) is 11.5 Å². The predicted octanol–water partition coefficient (Wildman–Crippen LogP) is 4.27. The van der Waals surface area contributed by atoms with Crippen LogP contribution >= 0.6 is 11.3 Å². The number of anilines is 1. The minimum atomic E-state index is -4.02. The Kier molecular flexibility index (Phi) is 6.30. The van der Waals surface area contributed by atoms with E-state index in [2.05, 4.69) is 15.2 Å². The van der Waals surface area contributed by atoms with Gasteiger partial charge < -0.3 is 15.2 Å². The van der Waals surface area contributed by atoms with Gasteiger partial charge in [-0.15, -0.1) is 10.2 Å². The van der Waals surface area contributed by atoms with E-state index in [1.54, 1.807) is 19.2 Å². The lowest BCUT2D eigenvalue weighted by Crippen LogP contribution is -2.09. The lowest BCUT2D eigenvalue weighted by molar-refractivity contribution is 0.318. The van der Waals surface area contributed by atoms with E-state index in [-0.39, 0.29) is 18.8 Å². The molecule has 0 amide bonds. The van der Waals surface area contributed by atoms with Crippen LogP contribution in [-0.2, 0) is 10.1 Å². The fourth-order valence-electron chi connectivity index (χ4n) is 2.52. The lowest BCUT2D eigenvalue weighted by Gasteiger charge is -2.10. The normalized spacial score (nSPS) is 12.0. The SMILES string of the molecule is COc1ccc2nc(N=Nc3cc(OCCCS(=O)(=O)O)c(N)cc3C)sc2c1. The van der Waals surface area contributed by atoms with Gasteiger partial charge in [0, 0.05) is 6.07 Å². The molecule has 0 aliphatic heterocycles. The Labute approximate surface area is 171 Å². The molecule has 0 atom stereocenters. The molecule has 29 heavy (non-hydrogen) atoms. The third-order valence-corrected chi connectivity index (χ3v) is 5.67. The standard InChI is InChI=1S/C18H20N4O5S2/c1-11-8-13(19)16(27-6-3-7-29(23,24)25)10-15(11)21-22-18-20-14-5-4-12(26-2)9-17(14)28-18/h4-5,8-10H,3,6-7,19H2,1-2H3,(H,23,24,25). The number of azo groups is 1. The molecule has 11 heteroatoms. The number of ether oxygens (including phenoxy) is 2. The summed E-state index contributed by atoms with van der Waals surface area (Å²) in [6, 6.07) is 8.92. The molecule has 0 aliphatic carbocycles. The van der Waals surface area contributed by atoms with Gasteiger partial charge in [0.2, 0.25) is 5.13 Å². The minimum Gasteiger partial charge on any atom is -0.497 e. The van der Waals surface area contributed by atoms with Gasteiger partial charge in [-0.1, -0.05) is 11.3 Å². The summed E-state index contributed by atoms with van der Waals surface area (Å²) in [5.74, 6) is 0.733. The number of nitrogens with two attached hydrogens (primary N) is 1. The van der Waals surface area contributed by atoms with Gasteiger partial charge >= 0.3 is 0 Å². The lowest BCUT2D eigenvalue weighted by atomic mass is 10.1. The number of methoxy groups -OCH3 is 1. The molecule has 154 valence electrons. The zero-order valence-corrected chi connectivity index (χ0v) is 17.5. The van der Waals surface area contributed by atoms with E-state index in [0.717, 1.165) is 21.5 Å². The first-order valence-corrected chi connectivity index (χ1v) is 11.0. The number of hydrogen-bond donors (Lipinski definition) is 2. The average Bonchev–Trinajstić information content (AvgIpc) is 3.06. The van der Waals surface area contributed by atoms with Crippen LogP contribution in [0, 0.1) is 6.92 Å². The van der Waals surface area contributed by atoms with Crippen LogP contribution in [-0.4, -0.2) is 37.4 Å².